The van der Waals surface area contributed by atoms with Crippen molar-refractivity contribution < 1.29 is 4.79 Å². The number of hydrogen-bond acceptors (Lipinski definition) is 3. The summed E-state index contributed by atoms with van der Waals surface area (Å²) in [6, 6.07) is 14.3. The van der Waals surface area contributed by atoms with Gasteiger partial charge < -0.3 is 16.0 Å². The summed E-state index contributed by atoms with van der Waals surface area (Å²) in [4.78, 5) is 18.5. The number of aliphatic imine (C=N–C) groups is 1. The third-order valence-electron chi connectivity index (χ3n) is 3.44. The number of carbonyl (C=O) groups is 1. The van der Waals surface area contributed by atoms with E-state index in [1.54, 1.807) is 18.4 Å². The van der Waals surface area contributed by atoms with Crippen LogP contribution in [0.15, 0.2) is 47.5 Å². The monoisotopic (exact) mass is 344 g/mol. The zero-order chi connectivity index (χ0) is 17.2. The van der Waals surface area contributed by atoms with Gasteiger partial charge in [0, 0.05) is 23.3 Å². The predicted octanol–water partition coefficient (Wildman–Crippen LogP) is 2.08. The zero-order valence-corrected chi connectivity index (χ0v) is 15.0. The molecule has 0 saturated carbocycles. The molecule has 0 radical (unpaired) electrons. The van der Waals surface area contributed by atoms with Gasteiger partial charge in [-0.3, -0.25) is 9.79 Å². The lowest BCUT2D eigenvalue weighted by Crippen LogP contribution is -2.43. The summed E-state index contributed by atoms with van der Waals surface area (Å²) in [7, 11) is 1.70. The van der Waals surface area contributed by atoms with E-state index in [1.165, 1.54) is 15.3 Å². The van der Waals surface area contributed by atoms with Crippen LogP contribution in [0.2, 0.25) is 0 Å². The van der Waals surface area contributed by atoms with Gasteiger partial charge in [0.05, 0.1) is 13.1 Å². The molecule has 2 rings (SSSR count). The number of guanidine groups is 1. The number of carbonyl (C=O) groups excluding carboxylic acids is 1. The summed E-state index contributed by atoms with van der Waals surface area (Å²) in [5, 5.41) is 9.14. The van der Waals surface area contributed by atoms with Crippen molar-refractivity contribution in [2.75, 3.05) is 20.1 Å². The smallest absolute Gasteiger partial charge is 0.239 e. The van der Waals surface area contributed by atoms with Gasteiger partial charge >= 0.3 is 0 Å². The number of nitrogens with one attached hydrogen (secondary N) is 3. The third-order valence-corrected chi connectivity index (χ3v) is 4.45. The normalized spacial score (nSPS) is 11.2. The van der Waals surface area contributed by atoms with Crippen molar-refractivity contribution in [2.24, 2.45) is 4.99 Å². The second-order valence-corrected chi connectivity index (χ2v) is 6.75. The Bertz CT molecular complexity index is 667. The van der Waals surface area contributed by atoms with E-state index in [0.717, 1.165) is 6.42 Å². The molecular formula is C18H24N4OS. The molecule has 2 aromatic rings. The summed E-state index contributed by atoms with van der Waals surface area (Å²) in [6.07, 6.45) is 0.831. The lowest BCUT2D eigenvalue weighted by molar-refractivity contribution is -0.119. The Morgan fingerprint density at radius 2 is 1.88 bits per heavy atom. The van der Waals surface area contributed by atoms with Crippen LogP contribution in [0.25, 0.3) is 0 Å². The van der Waals surface area contributed by atoms with Crippen LogP contribution in [0, 0.1) is 6.92 Å². The van der Waals surface area contributed by atoms with Gasteiger partial charge in [0.15, 0.2) is 5.96 Å². The molecule has 0 aliphatic carbocycles. The van der Waals surface area contributed by atoms with Gasteiger partial charge in [0.1, 0.15) is 0 Å². The van der Waals surface area contributed by atoms with Gasteiger partial charge in [-0.25, -0.2) is 0 Å². The molecule has 0 fully saturated rings. The van der Waals surface area contributed by atoms with Crippen molar-refractivity contribution in [3.05, 3.63) is 57.8 Å². The average Bonchev–Trinajstić information content (AvgIpc) is 3.01. The van der Waals surface area contributed by atoms with E-state index in [4.69, 9.17) is 0 Å². The first-order valence-corrected chi connectivity index (χ1v) is 8.79. The highest BCUT2D eigenvalue weighted by atomic mass is 32.1. The van der Waals surface area contributed by atoms with Gasteiger partial charge in [-0.05, 0) is 31.0 Å². The molecule has 0 spiro atoms. The predicted molar refractivity (Wildman–Crippen MR) is 100 cm³/mol. The van der Waals surface area contributed by atoms with Crippen LogP contribution < -0.4 is 16.0 Å². The van der Waals surface area contributed by atoms with Crippen LogP contribution in [-0.4, -0.2) is 32.0 Å². The number of hydrogen-bond donors (Lipinski definition) is 3. The summed E-state index contributed by atoms with van der Waals surface area (Å²) < 4.78 is 0. The van der Waals surface area contributed by atoms with E-state index in [2.05, 4.69) is 52.1 Å². The van der Waals surface area contributed by atoms with Crippen molar-refractivity contribution in [1.82, 2.24) is 16.0 Å². The standard InChI is InChI=1S/C18H24N4OS/c1-14-8-9-16(24-14)12-21-18(19-2)22-13-17(23)20-11-10-15-6-4-3-5-7-15/h3-9H,10-13H2,1-2H3,(H,20,23)(H2,19,21,22). The van der Waals surface area contributed by atoms with E-state index in [-0.39, 0.29) is 12.5 Å². The minimum Gasteiger partial charge on any atom is -0.354 e. The molecule has 0 unspecified atom stereocenters. The molecule has 0 aliphatic rings. The van der Waals surface area contributed by atoms with Crippen LogP contribution in [0.1, 0.15) is 15.3 Å². The Morgan fingerprint density at radius 3 is 2.54 bits per heavy atom. The topological polar surface area (TPSA) is 65.5 Å². The Hall–Kier alpha value is -2.34. The molecule has 3 N–H and O–H groups in total. The lowest BCUT2D eigenvalue weighted by atomic mass is 10.1. The van der Waals surface area contributed by atoms with Gasteiger partial charge in [0.25, 0.3) is 0 Å². The fourth-order valence-corrected chi connectivity index (χ4v) is 3.02. The van der Waals surface area contributed by atoms with Gasteiger partial charge in [-0.15, -0.1) is 11.3 Å². The summed E-state index contributed by atoms with van der Waals surface area (Å²) in [5.74, 6) is 0.583. The molecule has 0 bridgehead atoms. The van der Waals surface area contributed by atoms with Crippen molar-refractivity contribution in [1.29, 1.82) is 0 Å². The van der Waals surface area contributed by atoms with E-state index in [9.17, 15) is 4.79 Å². The SMILES string of the molecule is CN=C(NCC(=O)NCCc1ccccc1)NCc1ccc(C)s1. The molecule has 1 amide bonds. The number of thiophene rings is 1. The Balaban J connectivity index is 1.64. The van der Waals surface area contributed by atoms with Crippen molar-refractivity contribution in [2.45, 2.75) is 19.9 Å². The minimum absolute atomic E-state index is 0.0409. The first-order valence-electron chi connectivity index (χ1n) is 7.98. The molecule has 0 aliphatic heterocycles. The maximum absolute atomic E-state index is 11.9. The largest absolute Gasteiger partial charge is 0.354 e. The Morgan fingerprint density at radius 1 is 1.08 bits per heavy atom. The molecule has 1 aromatic heterocycles. The molecular weight excluding hydrogens is 320 g/mol. The lowest BCUT2D eigenvalue weighted by Gasteiger charge is -2.11. The van der Waals surface area contributed by atoms with Crippen molar-refractivity contribution in [3.8, 4) is 0 Å². The van der Waals surface area contributed by atoms with Crippen LogP contribution in [0.3, 0.4) is 0 Å². The highest BCUT2D eigenvalue weighted by molar-refractivity contribution is 7.11. The number of rotatable bonds is 7. The van der Waals surface area contributed by atoms with E-state index < -0.39 is 0 Å². The fraction of sp³-hybridized carbons (Fsp3) is 0.333. The maximum Gasteiger partial charge on any atom is 0.239 e. The Kier molecular flexibility index (Phi) is 7.29. The van der Waals surface area contributed by atoms with Crippen LogP contribution in [0.4, 0.5) is 0 Å². The van der Waals surface area contributed by atoms with Crippen molar-refractivity contribution >= 4 is 23.2 Å². The zero-order valence-electron chi connectivity index (χ0n) is 14.1. The first-order chi connectivity index (χ1) is 11.7. The molecule has 0 atom stereocenters. The number of aryl methyl sites for hydroxylation is 1. The van der Waals surface area contributed by atoms with Crippen LogP contribution in [0.5, 0.6) is 0 Å². The molecule has 1 aromatic carbocycles. The van der Waals surface area contributed by atoms with Crippen LogP contribution >= 0.6 is 11.3 Å². The molecule has 6 heteroatoms. The summed E-state index contributed by atoms with van der Waals surface area (Å²) >= 11 is 1.75. The number of benzene rings is 1. The molecule has 5 nitrogen and oxygen atoms in total. The minimum atomic E-state index is -0.0409. The molecule has 24 heavy (non-hydrogen) atoms. The summed E-state index contributed by atoms with van der Waals surface area (Å²) in [6.45, 7) is 3.62. The molecule has 0 saturated heterocycles. The average molecular weight is 344 g/mol. The highest BCUT2D eigenvalue weighted by Crippen LogP contribution is 2.14. The maximum atomic E-state index is 11.9. The quantitative estimate of drug-likeness (QED) is 0.532. The van der Waals surface area contributed by atoms with E-state index >= 15 is 0 Å². The van der Waals surface area contributed by atoms with Crippen LogP contribution in [-0.2, 0) is 17.8 Å². The van der Waals surface area contributed by atoms with E-state index in [1.807, 2.05) is 18.2 Å². The van der Waals surface area contributed by atoms with Crippen molar-refractivity contribution in [3.63, 3.8) is 0 Å². The summed E-state index contributed by atoms with van der Waals surface area (Å²) in [5.41, 5.74) is 1.22. The second-order valence-electron chi connectivity index (χ2n) is 5.38. The first kappa shape index (κ1) is 18.0. The third kappa shape index (κ3) is 6.42. The van der Waals surface area contributed by atoms with Gasteiger partial charge in [-0.1, -0.05) is 30.3 Å². The molecule has 1 heterocycles. The fourth-order valence-electron chi connectivity index (χ4n) is 2.19. The highest BCUT2D eigenvalue weighted by Gasteiger charge is 2.04. The molecule has 128 valence electrons. The number of amides is 1. The van der Waals surface area contributed by atoms with Gasteiger partial charge in [-0.2, -0.15) is 0 Å². The van der Waals surface area contributed by atoms with Gasteiger partial charge in [0.2, 0.25) is 5.91 Å². The second kappa shape index (κ2) is 9.72. The number of nitrogens with zero attached hydrogens (tertiary/aromatic N) is 1. The van der Waals surface area contributed by atoms with E-state index in [0.29, 0.717) is 19.0 Å². The Labute approximate surface area is 147 Å².